The second-order valence-electron chi connectivity index (χ2n) is 6.73. The highest BCUT2D eigenvalue weighted by atomic mass is 16.5. The minimum absolute atomic E-state index is 0.0624. The quantitative estimate of drug-likeness (QED) is 0.846. The highest BCUT2D eigenvalue weighted by Crippen LogP contribution is 2.40. The third-order valence-electron chi connectivity index (χ3n) is 5.11. The van der Waals surface area contributed by atoms with Crippen molar-refractivity contribution in [1.82, 2.24) is 9.88 Å². The molecule has 1 spiro atoms. The maximum absolute atomic E-state index is 12.6. The Labute approximate surface area is 152 Å². The molecule has 0 saturated carbocycles. The fourth-order valence-electron chi connectivity index (χ4n) is 3.64. The van der Waals surface area contributed by atoms with Gasteiger partial charge in [-0.15, -0.1) is 0 Å². The van der Waals surface area contributed by atoms with Gasteiger partial charge < -0.3 is 14.4 Å². The molecule has 0 aliphatic carbocycles. The van der Waals surface area contributed by atoms with Crippen LogP contribution in [-0.4, -0.2) is 47.7 Å². The summed E-state index contributed by atoms with van der Waals surface area (Å²) in [7, 11) is 0. The minimum atomic E-state index is -0.322. The maximum Gasteiger partial charge on any atom is 0.254 e. The maximum atomic E-state index is 12.6. The molecule has 4 rings (SSSR count). The van der Waals surface area contributed by atoms with Crippen molar-refractivity contribution in [2.75, 3.05) is 26.3 Å². The number of pyridine rings is 1. The van der Waals surface area contributed by atoms with Crippen molar-refractivity contribution in [2.45, 2.75) is 12.0 Å². The summed E-state index contributed by atoms with van der Waals surface area (Å²) in [5, 5.41) is 8.99. The normalized spacial score (nSPS) is 20.4. The van der Waals surface area contributed by atoms with E-state index < -0.39 is 0 Å². The molecule has 2 aromatic rings. The molecule has 1 atom stereocenters. The first-order chi connectivity index (χ1) is 12.7. The number of amides is 1. The van der Waals surface area contributed by atoms with Gasteiger partial charge in [-0.25, -0.2) is 4.98 Å². The Morgan fingerprint density at radius 3 is 3.00 bits per heavy atom. The zero-order chi connectivity index (χ0) is 18.0. The number of nitrogens with zero attached hydrogens (tertiary/aromatic N) is 3. The third-order valence-corrected chi connectivity index (χ3v) is 5.11. The van der Waals surface area contributed by atoms with Crippen LogP contribution >= 0.6 is 0 Å². The van der Waals surface area contributed by atoms with Crippen molar-refractivity contribution in [3.63, 3.8) is 0 Å². The van der Waals surface area contributed by atoms with E-state index in [4.69, 9.17) is 14.7 Å². The third kappa shape index (κ3) is 3.02. The van der Waals surface area contributed by atoms with Crippen molar-refractivity contribution in [1.29, 1.82) is 5.26 Å². The van der Waals surface area contributed by atoms with Crippen molar-refractivity contribution in [3.8, 4) is 11.9 Å². The van der Waals surface area contributed by atoms with Gasteiger partial charge in [-0.2, -0.15) is 5.26 Å². The molecule has 132 valence electrons. The molecule has 2 aliphatic heterocycles. The highest BCUT2D eigenvalue weighted by Gasteiger charge is 2.54. The molecule has 1 amide bonds. The van der Waals surface area contributed by atoms with Crippen LogP contribution in [0.5, 0.6) is 5.88 Å². The van der Waals surface area contributed by atoms with E-state index >= 15 is 0 Å². The van der Waals surface area contributed by atoms with Gasteiger partial charge in [0.05, 0.1) is 31.3 Å². The monoisotopic (exact) mass is 349 g/mol. The number of nitriles is 1. The summed E-state index contributed by atoms with van der Waals surface area (Å²) in [6.07, 6.45) is 2.62. The summed E-state index contributed by atoms with van der Waals surface area (Å²) >= 11 is 0. The van der Waals surface area contributed by atoms with E-state index in [0.717, 1.165) is 6.42 Å². The Morgan fingerprint density at radius 1 is 1.35 bits per heavy atom. The molecule has 6 heteroatoms. The first kappa shape index (κ1) is 16.6. The fourth-order valence-corrected chi connectivity index (χ4v) is 3.64. The molecular formula is C20H19N3O3. The van der Waals surface area contributed by atoms with E-state index in [2.05, 4.69) is 11.1 Å². The van der Waals surface area contributed by atoms with Gasteiger partial charge in [0.15, 0.2) is 0 Å². The topological polar surface area (TPSA) is 75.5 Å². The van der Waals surface area contributed by atoms with Crippen LogP contribution in [0, 0.1) is 17.2 Å². The lowest BCUT2D eigenvalue weighted by Crippen LogP contribution is -2.66. The Bertz CT molecular complexity index is 841. The molecule has 2 fully saturated rings. The number of ether oxygens (including phenoxy) is 2. The largest absolute Gasteiger partial charge is 0.477 e. The zero-order valence-corrected chi connectivity index (χ0v) is 14.3. The number of carbonyl (C=O) groups excluding carboxylic acids is 1. The first-order valence-electron chi connectivity index (χ1n) is 8.67. The number of carbonyl (C=O) groups is 1. The predicted molar refractivity (Wildman–Crippen MR) is 93.6 cm³/mol. The molecule has 1 unspecified atom stereocenters. The zero-order valence-electron chi connectivity index (χ0n) is 14.3. The number of aromatic nitrogens is 1. The second kappa shape index (κ2) is 6.77. The van der Waals surface area contributed by atoms with Gasteiger partial charge in [-0.3, -0.25) is 4.79 Å². The Hall–Kier alpha value is -2.91. The van der Waals surface area contributed by atoms with E-state index in [1.165, 1.54) is 0 Å². The van der Waals surface area contributed by atoms with E-state index in [0.29, 0.717) is 43.3 Å². The number of hydrogen-bond donors (Lipinski definition) is 0. The van der Waals surface area contributed by atoms with Crippen LogP contribution < -0.4 is 4.74 Å². The van der Waals surface area contributed by atoms with Gasteiger partial charge in [0.1, 0.15) is 5.60 Å². The van der Waals surface area contributed by atoms with Crippen molar-refractivity contribution in [2.24, 2.45) is 5.92 Å². The number of hydrogen-bond acceptors (Lipinski definition) is 5. The molecule has 2 saturated heterocycles. The van der Waals surface area contributed by atoms with Crippen molar-refractivity contribution >= 4 is 5.91 Å². The first-order valence-corrected chi connectivity index (χ1v) is 8.67. The second-order valence-corrected chi connectivity index (χ2v) is 6.73. The van der Waals surface area contributed by atoms with E-state index in [-0.39, 0.29) is 17.4 Å². The van der Waals surface area contributed by atoms with Crippen LogP contribution in [0.25, 0.3) is 0 Å². The molecule has 26 heavy (non-hydrogen) atoms. The minimum Gasteiger partial charge on any atom is -0.477 e. The summed E-state index contributed by atoms with van der Waals surface area (Å²) in [5.74, 6) is 0.779. The molecule has 2 aliphatic rings. The molecule has 0 radical (unpaired) electrons. The van der Waals surface area contributed by atoms with E-state index in [9.17, 15) is 4.79 Å². The van der Waals surface area contributed by atoms with Crippen LogP contribution in [0.3, 0.4) is 0 Å². The van der Waals surface area contributed by atoms with Gasteiger partial charge in [0.25, 0.3) is 5.91 Å². The fraction of sp³-hybridized carbons (Fsp3) is 0.350. The Morgan fingerprint density at radius 2 is 2.23 bits per heavy atom. The lowest BCUT2D eigenvalue weighted by atomic mass is 9.81. The molecule has 0 N–H and O–H groups in total. The van der Waals surface area contributed by atoms with Crippen LogP contribution in [0.1, 0.15) is 22.3 Å². The summed E-state index contributed by atoms with van der Waals surface area (Å²) in [4.78, 5) is 18.6. The lowest BCUT2D eigenvalue weighted by Gasteiger charge is -2.50. The molecule has 3 heterocycles. The highest BCUT2D eigenvalue weighted by molar-refractivity contribution is 5.95. The smallest absolute Gasteiger partial charge is 0.254 e. The SMILES string of the molecule is N#Cc1cccc(C(=O)N2CC3(C2)OCCC3COc2ccccn2)c1. The number of likely N-dealkylation sites (tertiary alicyclic amines) is 1. The predicted octanol–water partition coefficient (Wildman–Crippen LogP) is 2.26. The summed E-state index contributed by atoms with van der Waals surface area (Å²) < 4.78 is 11.8. The molecule has 6 nitrogen and oxygen atoms in total. The van der Waals surface area contributed by atoms with Gasteiger partial charge in [-0.1, -0.05) is 12.1 Å². The molecule has 1 aromatic heterocycles. The molecule has 1 aromatic carbocycles. The van der Waals surface area contributed by atoms with Crippen LogP contribution in [0.2, 0.25) is 0 Å². The van der Waals surface area contributed by atoms with Gasteiger partial charge in [0.2, 0.25) is 5.88 Å². The van der Waals surface area contributed by atoms with Crippen LogP contribution in [-0.2, 0) is 4.74 Å². The van der Waals surface area contributed by atoms with E-state index in [1.54, 1.807) is 35.4 Å². The number of benzene rings is 1. The summed E-state index contributed by atoms with van der Waals surface area (Å²) in [6, 6.07) is 14.4. The van der Waals surface area contributed by atoms with Crippen molar-refractivity contribution in [3.05, 3.63) is 59.8 Å². The summed E-state index contributed by atoms with van der Waals surface area (Å²) in [6.45, 7) is 2.32. The average Bonchev–Trinajstić information content (AvgIpc) is 3.09. The van der Waals surface area contributed by atoms with Gasteiger partial charge >= 0.3 is 0 Å². The Balaban J connectivity index is 1.38. The van der Waals surface area contributed by atoms with E-state index in [1.807, 2.05) is 18.2 Å². The lowest BCUT2D eigenvalue weighted by molar-refractivity contribution is -0.122. The van der Waals surface area contributed by atoms with Gasteiger partial charge in [0, 0.05) is 30.4 Å². The molecular weight excluding hydrogens is 330 g/mol. The van der Waals surface area contributed by atoms with Crippen molar-refractivity contribution < 1.29 is 14.3 Å². The molecule has 0 bridgehead atoms. The standard InChI is InChI=1S/C20H19N3O3/c21-11-15-4-3-5-16(10-15)19(24)23-13-20(14-23)17(7-9-26-20)12-25-18-6-1-2-8-22-18/h1-6,8,10,17H,7,9,12-14H2. The number of rotatable bonds is 4. The summed E-state index contributed by atoms with van der Waals surface area (Å²) in [5.41, 5.74) is 0.708. The Kier molecular flexibility index (Phi) is 4.31. The van der Waals surface area contributed by atoms with Crippen LogP contribution in [0.4, 0.5) is 0 Å². The van der Waals surface area contributed by atoms with Gasteiger partial charge in [-0.05, 0) is 30.7 Å². The van der Waals surface area contributed by atoms with Crippen LogP contribution in [0.15, 0.2) is 48.7 Å². The average molecular weight is 349 g/mol.